The van der Waals surface area contributed by atoms with Gasteiger partial charge in [0.2, 0.25) is 0 Å². The number of hydrogen-bond acceptors (Lipinski definition) is 2. The van der Waals surface area contributed by atoms with Crippen LogP contribution >= 0.6 is 35.8 Å². The van der Waals surface area contributed by atoms with Gasteiger partial charge in [0, 0.05) is 26.3 Å². The summed E-state index contributed by atoms with van der Waals surface area (Å²) in [5.41, 5.74) is 4.56. The third kappa shape index (κ3) is 3.53. The molecule has 0 amide bonds. The van der Waals surface area contributed by atoms with Gasteiger partial charge in [0.1, 0.15) is 11.2 Å². The van der Waals surface area contributed by atoms with Crippen LogP contribution in [0, 0.1) is 6.92 Å². The normalized spacial score (nSPS) is 12.9. The first-order chi connectivity index (χ1) is 13.0. The van der Waals surface area contributed by atoms with Crippen LogP contribution in [0.4, 0.5) is 0 Å². The predicted octanol–water partition coefficient (Wildman–Crippen LogP) is 8.10. The molecule has 0 bridgehead atoms. The van der Waals surface area contributed by atoms with E-state index in [0.29, 0.717) is 9.94 Å². The molecule has 4 aromatic rings. The molecule has 0 aliphatic rings. The number of allylic oxidation sites excluding steroid dienone is 2. The van der Waals surface area contributed by atoms with Crippen LogP contribution in [0.1, 0.15) is 16.7 Å². The van der Waals surface area contributed by atoms with Gasteiger partial charge >= 0.3 is 0 Å². The van der Waals surface area contributed by atoms with Crippen LogP contribution in [0.3, 0.4) is 0 Å². The highest BCUT2D eigenvalue weighted by Gasteiger charge is 2.13. The van der Waals surface area contributed by atoms with E-state index in [1.165, 1.54) is 0 Å². The molecule has 1 heterocycles. The van der Waals surface area contributed by atoms with Crippen LogP contribution in [-0.2, 0) is 0 Å². The summed E-state index contributed by atoms with van der Waals surface area (Å²) < 4.78 is 6.07. The summed E-state index contributed by atoms with van der Waals surface area (Å²) >= 11 is 17.3. The summed E-state index contributed by atoms with van der Waals surface area (Å²) in [4.78, 5) is 0.670. The van der Waals surface area contributed by atoms with Crippen LogP contribution < -0.4 is 0 Å². The van der Waals surface area contributed by atoms with Crippen molar-refractivity contribution in [1.82, 2.24) is 0 Å². The number of thiol groups is 1. The standard InChI is InChI=1S/C23H16Cl2OS/c1-14-13-15(9-11-19(14)24)10-12-20(25)23(27)18-7-4-6-17-16-5-2-3-8-21(16)26-22(17)18/h2-13,27H,1H3/b12-10+,23-20+. The Morgan fingerprint density at radius 3 is 2.59 bits per heavy atom. The highest BCUT2D eigenvalue weighted by Crippen LogP contribution is 2.36. The Bertz CT molecular complexity index is 1220. The van der Waals surface area contributed by atoms with E-state index in [-0.39, 0.29) is 0 Å². The van der Waals surface area contributed by atoms with Crippen molar-refractivity contribution in [1.29, 1.82) is 0 Å². The van der Waals surface area contributed by atoms with Gasteiger partial charge in [0.25, 0.3) is 0 Å². The maximum Gasteiger partial charge on any atom is 0.143 e. The Morgan fingerprint density at radius 2 is 1.78 bits per heavy atom. The molecule has 4 rings (SSSR count). The highest BCUT2D eigenvalue weighted by molar-refractivity contribution is 7.90. The van der Waals surface area contributed by atoms with Gasteiger partial charge in [-0.2, -0.15) is 0 Å². The Labute approximate surface area is 173 Å². The molecule has 3 aromatic carbocycles. The maximum atomic E-state index is 6.53. The minimum Gasteiger partial charge on any atom is -0.455 e. The first kappa shape index (κ1) is 18.2. The van der Waals surface area contributed by atoms with Gasteiger partial charge in [0.15, 0.2) is 0 Å². The van der Waals surface area contributed by atoms with Gasteiger partial charge in [-0.15, -0.1) is 12.6 Å². The number of aryl methyl sites for hydroxylation is 1. The fraction of sp³-hybridized carbons (Fsp3) is 0.0435. The van der Waals surface area contributed by atoms with Crippen LogP contribution in [0.2, 0.25) is 5.02 Å². The molecule has 4 heteroatoms. The minimum absolute atomic E-state index is 0.541. The molecule has 0 fully saturated rings. The third-order valence-corrected chi connectivity index (χ3v) is 5.84. The van der Waals surface area contributed by atoms with E-state index in [9.17, 15) is 0 Å². The predicted molar refractivity (Wildman–Crippen MR) is 121 cm³/mol. The van der Waals surface area contributed by atoms with Gasteiger partial charge in [0.05, 0.1) is 5.03 Å². The van der Waals surface area contributed by atoms with Crippen molar-refractivity contribution in [2.45, 2.75) is 6.92 Å². The molecule has 0 spiro atoms. The van der Waals surface area contributed by atoms with Crippen molar-refractivity contribution in [3.63, 3.8) is 0 Å². The zero-order chi connectivity index (χ0) is 19.0. The fourth-order valence-electron chi connectivity index (χ4n) is 3.08. The zero-order valence-electron chi connectivity index (χ0n) is 14.5. The molecule has 0 N–H and O–H groups in total. The molecule has 27 heavy (non-hydrogen) atoms. The molecule has 0 saturated heterocycles. The van der Waals surface area contributed by atoms with E-state index in [1.54, 1.807) is 0 Å². The number of furan rings is 1. The molecular formula is C23H16Cl2OS. The number of para-hydroxylation sites is 2. The number of fused-ring (bicyclic) bond motifs is 3. The monoisotopic (exact) mass is 410 g/mol. The fourth-order valence-corrected chi connectivity index (χ4v) is 3.62. The first-order valence-corrected chi connectivity index (χ1v) is 9.68. The average Bonchev–Trinajstić information content (AvgIpc) is 3.07. The summed E-state index contributed by atoms with van der Waals surface area (Å²) in [6, 6.07) is 19.8. The van der Waals surface area contributed by atoms with E-state index in [4.69, 9.17) is 27.6 Å². The van der Waals surface area contributed by atoms with Gasteiger partial charge in [-0.25, -0.2) is 0 Å². The van der Waals surface area contributed by atoms with Crippen LogP contribution in [0.25, 0.3) is 32.9 Å². The molecule has 0 aliphatic heterocycles. The lowest BCUT2D eigenvalue weighted by Crippen LogP contribution is -1.82. The molecule has 0 radical (unpaired) electrons. The van der Waals surface area contributed by atoms with Gasteiger partial charge in [-0.3, -0.25) is 0 Å². The quantitative estimate of drug-likeness (QED) is 0.265. The summed E-state index contributed by atoms with van der Waals surface area (Å²) in [5, 5.41) is 3.43. The maximum absolute atomic E-state index is 6.53. The average molecular weight is 411 g/mol. The minimum atomic E-state index is 0.541. The SMILES string of the molecule is Cc1cc(/C=C/C(Cl)=C(\S)c2cccc3c2oc2ccccc23)ccc1Cl. The molecular weight excluding hydrogens is 395 g/mol. The van der Waals surface area contributed by atoms with Crippen molar-refractivity contribution < 1.29 is 4.42 Å². The lowest BCUT2D eigenvalue weighted by atomic mass is 10.1. The molecule has 0 unspecified atom stereocenters. The number of halogens is 2. The van der Waals surface area contributed by atoms with E-state index >= 15 is 0 Å². The Balaban J connectivity index is 1.77. The van der Waals surface area contributed by atoms with E-state index in [0.717, 1.165) is 43.7 Å². The topological polar surface area (TPSA) is 13.1 Å². The number of hydrogen-bond donors (Lipinski definition) is 1. The van der Waals surface area contributed by atoms with Crippen LogP contribution in [0.15, 0.2) is 76.2 Å². The Kier molecular flexibility index (Phi) is 5.05. The molecule has 0 atom stereocenters. The second kappa shape index (κ2) is 7.47. The summed E-state index contributed by atoms with van der Waals surface area (Å²) in [6.45, 7) is 1.98. The Hall–Kier alpha value is -2.13. The number of rotatable bonds is 3. The van der Waals surface area contributed by atoms with E-state index < -0.39 is 0 Å². The van der Waals surface area contributed by atoms with Gasteiger partial charge in [-0.1, -0.05) is 77.8 Å². The van der Waals surface area contributed by atoms with Crippen molar-refractivity contribution in [2.24, 2.45) is 0 Å². The summed E-state index contributed by atoms with van der Waals surface area (Å²) in [6.07, 6.45) is 3.79. The molecule has 0 saturated carbocycles. The largest absolute Gasteiger partial charge is 0.455 e. The lowest BCUT2D eigenvalue weighted by Gasteiger charge is -2.04. The molecule has 1 nitrogen and oxygen atoms in total. The molecule has 1 aromatic heterocycles. The van der Waals surface area contributed by atoms with Gasteiger partial charge < -0.3 is 4.42 Å². The zero-order valence-corrected chi connectivity index (χ0v) is 16.9. The second-order valence-corrected chi connectivity index (χ2v) is 7.58. The highest BCUT2D eigenvalue weighted by atomic mass is 35.5. The van der Waals surface area contributed by atoms with E-state index in [2.05, 4.69) is 18.7 Å². The molecule has 134 valence electrons. The van der Waals surface area contributed by atoms with Crippen molar-refractivity contribution in [3.8, 4) is 0 Å². The van der Waals surface area contributed by atoms with Crippen LogP contribution in [-0.4, -0.2) is 0 Å². The second-order valence-electron chi connectivity index (χ2n) is 6.32. The first-order valence-electron chi connectivity index (χ1n) is 8.48. The van der Waals surface area contributed by atoms with Crippen molar-refractivity contribution in [2.75, 3.05) is 0 Å². The van der Waals surface area contributed by atoms with Crippen LogP contribution in [0.5, 0.6) is 0 Å². The van der Waals surface area contributed by atoms with E-state index in [1.807, 2.05) is 73.7 Å². The third-order valence-electron chi connectivity index (χ3n) is 4.49. The van der Waals surface area contributed by atoms with Crippen molar-refractivity contribution in [3.05, 3.63) is 93.5 Å². The summed E-state index contributed by atoms with van der Waals surface area (Å²) in [5.74, 6) is 0. The summed E-state index contributed by atoms with van der Waals surface area (Å²) in [7, 11) is 0. The Morgan fingerprint density at radius 1 is 1.00 bits per heavy atom. The van der Waals surface area contributed by atoms with Crippen molar-refractivity contribution >= 4 is 68.8 Å². The number of benzene rings is 3. The lowest BCUT2D eigenvalue weighted by molar-refractivity contribution is 0.668. The smallest absolute Gasteiger partial charge is 0.143 e. The molecule has 0 aliphatic carbocycles. The van der Waals surface area contributed by atoms with Gasteiger partial charge in [-0.05, 0) is 36.3 Å².